The summed E-state index contributed by atoms with van der Waals surface area (Å²) in [4.78, 5) is 41.7. The molecule has 0 aromatic heterocycles. The zero-order chi connectivity index (χ0) is 21.3. The van der Waals surface area contributed by atoms with Crippen LogP contribution < -0.4 is 10.1 Å². The molecule has 1 saturated heterocycles. The zero-order valence-electron chi connectivity index (χ0n) is 17.5. The van der Waals surface area contributed by atoms with E-state index >= 15 is 0 Å². The maximum atomic E-state index is 12.8. The molecule has 8 heteroatoms. The van der Waals surface area contributed by atoms with Gasteiger partial charge in [-0.3, -0.25) is 14.4 Å². The lowest BCUT2D eigenvalue weighted by molar-refractivity contribution is -0.145. The van der Waals surface area contributed by atoms with E-state index in [9.17, 15) is 14.4 Å². The molecular weight excluding hydrogens is 386 g/mol. The number of carbonyl (C=O) groups excluding carboxylic acids is 3. The summed E-state index contributed by atoms with van der Waals surface area (Å²) in [7, 11) is 1.49. The van der Waals surface area contributed by atoms with Gasteiger partial charge in [0.25, 0.3) is 5.91 Å². The fraction of sp³-hybridized carbons (Fsp3) is 0.591. The third-order valence-electron chi connectivity index (χ3n) is 5.80. The van der Waals surface area contributed by atoms with E-state index in [0.717, 1.165) is 25.7 Å². The molecule has 2 aliphatic rings. The first-order chi connectivity index (χ1) is 14.6. The van der Waals surface area contributed by atoms with Crippen LogP contribution in [0.3, 0.4) is 0 Å². The lowest BCUT2D eigenvalue weighted by atomic mass is 9.82. The highest BCUT2D eigenvalue weighted by Crippen LogP contribution is 2.29. The van der Waals surface area contributed by atoms with Crippen molar-refractivity contribution in [3.8, 4) is 5.75 Å². The highest BCUT2D eigenvalue weighted by atomic mass is 16.5. The SMILES string of the molecule is COCC(=O)N1CCN(C(=O)COc2ccccc2)CCNC(=O)[C@H]2CCCC[C@H]21. The molecule has 1 aromatic carbocycles. The minimum atomic E-state index is -0.205. The van der Waals surface area contributed by atoms with Crippen molar-refractivity contribution >= 4 is 17.7 Å². The van der Waals surface area contributed by atoms with Gasteiger partial charge in [-0.05, 0) is 25.0 Å². The Labute approximate surface area is 177 Å². The van der Waals surface area contributed by atoms with Gasteiger partial charge in [-0.2, -0.15) is 0 Å². The predicted molar refractivity (Wildman–Crippen MR) is 111 cm³/mol. The number of methoxy groups -OCH3 is 1. The second kappa shape index (κ2) is 11.0. The van der Waals surface area contributed by atoms with Gasteiger partial charge >= 0.3 is 0 Å². The van der Waals surface area contributed by atoms with E-state index in [0.29, 0.717) is 31.9 Å². The Morgan fingerprint density at radius 3 is 2.57 bits per heavy atom. The van der Waals surface area contributed by atoms with Crippen LogP contribution in [-0.4, -0.2) is 80.1 Å². The van der Waals surface area contributed by atoms with Gasteiger partial charge in [0.2, 0.25) is 11.8 Å². The van der Waals surface area contributed by atoms with Crippen LogP contribution in [0.15, 0.2) is 30.3 Å². The Bertz CT molecular complexity index is 727. The minimum absolute atomic E-state index is 0.0318. The van der Waals surface area contributed by atoms with E-state index in [-0.39, 0.29) is 42.9 Å². The van der Waals surface area contributed by atoms with Crippen LogP contribution in [0.2, 0.25) is 0 Å². The molecule has 1 aromatic rings. The van der Waals surface area contributed by atoms with Gasteiger partial charge in [0.1, 0.15) is 12.4 Å². The average Bonchev–Trinajstić information content (AvgIpc) is 2.77. The maximum Gasteiger partial charge on any atom is 0.260 e. The molecule has 30 heavy (non-hydrogen) atoms. The topological polar surface area (TPSA) is 88.2 Å². The third kappa shape index (κ3) is 5.72. The Morgan fingerprint density at radius 1 is 1.03 bits per heavy atom. The largest absolute Gasteiger partial charge is 0.484 e. The zero-order valence-corrected chi connectivity index (χ0v) is 17.5. The molecule has 164 valence electrons. The molecule has 1 saturated carbocycles. The van der Waals surface area contributed by atoms with Gasteiger partial charge in [0, 0.05) is 39.3 Å². The van der Waals surface area contributed by atoms with Gasteiger partial charge in [-0.15, -0.1) is 0 Å². The van der Waals surface area contributed by atoms with E-state index in [1.54, 1.807) is 21.9 Å². The van der Waals surface area contributed by atoms with E-state index in [4.69, 9.17) is 9.47 Å². The first-order valence-corrected chi connectivity index (χ1v) is 10.6. The second-order valence-electron chi connectivity index (χ2n) is 7.75. The monoisotopic (exact) mass is 417 g/mol. The first kappa shape index (κ1) is 22.1. The van der Waals surface area contributed by atoms with Crippen molar-refractivity contribution < 1.29 is 23.9 Å². The van der Waals surface area contributed by atoms with Crippen molar-refractivity contribution in [2.24, 2.45) is 5.92 Å². The molecule has 0 unspecified atom stereocenters. The average molecular weight is 418 g/mol. The number of carbonyl (C=O) groups is 3. The molecule has 0 bridgehead atoms. The number of ether oxygens (including phenoxy) is 2. The number of nitrogens with one attached hydrogen (secondary N) is 1. The molecule has 2 fully saturated rings. The summed E-state index contributed by atoms with van der Waals surface area (Å²) in [6.07, 6.45) is 3.54. The number of amides is 3. The van der Waals surface area contributed by atoms with Crippen molar-refractivity contribution in [3.05, 3.63) is 30.3 Å². The summed E-state index contributed by atoms with van der Waals surface area (Å²) in [5, 5.41) is 2.96. The van der Waals surface area contributed by atoms with Gasteiger partial charge in [0.15, 0.2) is 6.61 Å². The lowest BCUT2D eigenvalue weighted by Gasteiger charge is -2.41. The molecule has 3 rings (SSSR count). The van der Waals surface area contributed by atoms with Crippen molar-refractivity contribution in [2.45, 2.75) is 31.7 Å². The Morgan fingerprint density at radius 2 is 1.80 bits per heavy atom. The highest BCUT2D eigenvalue weighted by Gasteiger charge is 2.37. The smallest absolute Gasteiger partial charge is 0.260 e. The Hall–Kier alpha value is -2.61. The van der Waals surface area contributed by atoms with Gasteiger partial charge < -0.3 is 24.6 Å². The standard InChI is InChI=1S/C22H31N3O5/c1-29-15-21(27)25-14-13-24(20(26)16-30-17-7-3-2-4-8-17)12-11-23-22(28)18-9-5-6-10-19(18)25/h2-4,7-8,18-19H,5-6,9-16H2,1H3,(H,23,28)/t18-,19+/m0/s1. The number of para-hydroxylation sites is 1. The van der Waals surface area contributed by atoms with Gasteiger partial charge in [0.05, 0.1) is 5.92 Å². The van der Waals surface area contributed by atoms with Crippen LogP contribution in [-0.2, 0) is 19.1 Å². The van der Waals surface area contributed by atoms with Crippen LogP contribution in [0.25, 0.3) is 0 Å². The second-order valence-corrected chi connectivity index (χ2v) is 7.75. The van der Waals surface area contributed by atoms with Crippen molar-refractivity contribution in [1.82, 2.24) is 15.1 Å². The van der Waals surface area contributed by atoms with Crippen molar-refractivity contribution in [2.75, 3.05) is 46.5 Å². The molecule has 1 N–H and O–H groups in total. The number of rotatable bonds is 5. The van der Waals surface area contributed by atoms with E-state index in [1.165, 1.54) is 7.11 Å². The molecule has 2 atom stereocenters. The molecular formula is C22H31N3O5. The normalized spacial score (nSPS) is 22.6. The summed E-state index contributed by atoms with van der Waals surface area (Å²) in [5.74, 6) is 0.0684. The lowest BCUT2D eigenvalue weighted by Crippen LogP contribution is -2.56. The van der Waals surface area contributed by atoms with Crippen molar-refractivity contribution in [3.63, 3.8) is 0 Å². The van der Waals surface area contributed by atoms with E-state index in [2.05, 4.69) is 5.32 Å². The van der Waals surface area contributed by atoms with Crippen molar-refractivity contribution in [1.29, 1.82) is 0 Å². The molecule has 0 spiro atoms. The predicted octanol–water partition coefficient (Wildman–Crippen LogP) is 1.06. The number of hydrogen-bond donors (Lipinski definition) is 1. The summed E-state index contributed by atoms with van der Waals surface area (Å²) in [5.41, 5.74) is 0. The van der Waals surface area contributed by atoms with E-state index in [1.807, 2.05) is 18.2 Å². The third-order valence-corrected chi connectivity index (χ3v) is 5.80. The Balaban J connectivity index is 1.70. The molecule has 1 heterocycles. The fourth-order valence-corrected chi connectivity index (χ4v) is 4.26. The number of fused-ring (bicyclic) bond motifs is 1. The Kier molecular flexibility index (Phi) is 8.07. The minimum Gasteiger partial charge on any atom is -0.484 e. The van der Waals surface area contributed by atoms with Crippen LogP contribution in [0.4, 0.5) is 0 Å². The summed E-state index contributed by atoms with van der Waals surface area (Å²) < 4.78 is 10.7. The molecule has 8 nitrogen and oxygen atoms in total. The molecule has 0 radical (unpaired) electrons. The molecule has 1 aliphatic carbocycles. The van der Waals surface area contributed by atoms with Crippen LogP contribution in [0.5, 0.6) is 5.75 Å². The van der Waals surface area contributed by atoms with E-state index < -0.39 is 0 Å². The van der Waals surface area contributed by atoms with Crippen LogP contribution in [0, 0.1) is 5.92 Å². The quantitative estimate of drug-likeness (QED) is 0.774. The van der Waals surface area contributed by atoms with Crippen LogP contribution in [0.1, 0.15) is 25.7 Å². The fourth-order valence-electron chi connectivity index (χ4n) is 4.26. The maximum absolute atomic E-state index is 12.8. The highest BCUT2D eigenvalue weighted by molar-refractivity contribution is 5.83. The van der Waals surface area contributed by atoms with Gasteiger partial charge in [-0.25, -0.2) is 0 Å². The summed E-state index contributed by atoms with van der Waals surface area (Å²) in [6, 6.07) is 9.01. The summed E-state index contributed by atoms with van der Waals surface area (Å²) >= 11 is 0. The summed E-state index contributed by atoms with van der Waals surface area (Å²) in [6.45, 7) is 1.43. The number of nitrogens with zero attached hydrogens (tertiary/aromatic N) is 2. The number of benzene rings is 1. The molecule has 1 aliphatic heterocycles. The van der Waals surface area contributed by atoms with Gasteiger partial charge in [-0.1, -0.05) is 31.0 Å². The first-order valence-electron chi connectivity index (χ1n) is 10.6. The number of hydrogen-bond acceptors (Lipinski definition) is 5. The molecule has 3 amide bonds. The van der Waals surface area contributed by atoms with Crippen LogP contribution >= 0.6 is 0 Å².